The van der Waals surface area contributed by atoms with Crippen molar-refractivity contribution in [1.82, 2.24) is 34.4 Å². The summed E-state index contributed by atoms with van der Waals surface area (Å²) in [4.78, 5) is 37.7. The van der Waals surface area contributed by atoms with Crippen LogP contribution in [0.3, 0.4) is 0 Å². The third kappa shape index (κ3) is 7.79. The summed E-state index contributed by atoms with van der Waals surface area (Å²) in [5.41, 5.74) is 11.5. The van der Waals surface area contributed by atoms with Crippen LogP contribution in [-0.4, -0.2) is 114 Å². The molecular weight excluding hydrogens is 662 g/mol. The minimum absolute atomic E-state index is 0.280. The smallest absolute Gasteiger partial charge is 0.272 e. The predicted octanol–water partition coefficient (Wildman–Crippen LogP) is 3.24. The average molecular weight is 714 g/mol. The van der Waals surface area contributed by atoms with E-state index in [0.29, 0.717) is 48.9 Å². The van der Waals surface area contributed by atoms with E-state index in [1.54, 1.807) is 30.0 Å². The summed E-state index contributed by atoms with van der Waals surface area (Å²) in [5.74, 6) is 1.15. The lowest BCUT2D eigenvalue weighted by molar-refractivity contribution is 0.0930. The number of amides is 2. The summed E-state index contributed by atoms with van der Waals surface area (Å²) in [6.07, 6.45) is 4.26. The molecule has 0 saturated carbocycles. The first-order chi connectivity index (χ1) is 25.1. The number of nitrogens with one attached hydrogen (secondary N) is 3. The van der Waals surface area contributed by atoms with Crippen molar-refractivity contribution < 1.29 is 19.1 Å². The van der Waals surface area contributed by atoms with Crippen molar-refractivity contribution in [2.45, 2.75) is 46.6 Å². The Balaban J connectivity index is 1.27. The molecule has 2 amide bonds. The number of methoxy groups -OCH3 is 1. The third-order valence-electron chi connectivity index (χ3n) is 9.58. The minimum Gasteiger partial charge on any atom is -0.494 e. The third-order valence-corrected chi connectivity index (χ3v) is 9.58. The van der Waals surface area contributed by atoms with Crippen molar-refractivity contribution in [1.29, 1.82) is 0 Å². The van der Waals surface area contributed by atoms with Gasteiger partial charge >= 0.3 is 0 Å². The zero-order valence-electron chi connectivity index (χ0n) is 31.0. The van der Waals surface area contributed by atoms with E-state index in [-0.39, 0.29) is 5.91 Å². The summed E-state index contributed by atoms with van der Waals surface area (Å²) in [6.45, 7) is 12.8. The maximum atomic E-state index is 13.7. The molecular formula is C37H51N11O4. The highest BCUT2D eigenvalue weighted by molar-refractivity contribution is 5.98. The number of ether oxygens (including phenoxy) is 2. The van der Waals surface area contributed by atoms with Gasteiger partial charge in [0.1, 0.15) is 28.4 Å². The molecule has 15 heteroatoms. The van der Waals surface area contributed by atoms with Gasteiger partial charge in [-0.25, -0.2) is 4.98 Å². The number of carbonyl (C=O) groups excluding carboxylic acids is 2. The molecule has 4 heterocycles. The zero-order valence-corrected chi connectivity index (χ0v) is 31.0. The van der Waals surface area contributed by atoms with Gasteiger partial charge in [-0.05, 0) is 70.1 Å². The molecule has 2 aliphatic rings. The number of imidazole rings is 1. The number of piperazine rings is 1. The summed E-state index contributed by atoms with van der Waals surface area (Å²) < 4.78 is 15.9. The number of nitrogens with zero attached hydrogens (tertiary/aromatic N) is 7. The molecule has 278 valence electrons. The Kier molecular flexibility index (Phi) is 11.2. The van der Waals surface area contributed by atoms with Crippen molar-refractivity contribution in [2.75, 3.05) is 82.6 Å². The fraction of sp³-hybridized carbons (Fsp3) is 0.459. The molecule has 1 saturated heterocycles. The van der Waals surface area contributed by atoms with Crippen LogP contribution in [0.4, 0.5) is 17.3 Å². The number of aryl methyl sites for hydroxylation is 3. The lowest BCUT2D eigenvalue weighted by Gasteiger charge is -2.32. The number of primary amides is 1. The normalized spacial score (nSPS) is 16.3. The van der Waals surface area contributed by atoms with E-state index in [0.717, 1.165) is 78.8 Å². The van der Waals surface area contributed by atoms with Crippen LogP contribution in [0.1, 0.15) is 45.4 Å². The number of hydrogen-bond donors (Lipinski definition) is 4. The molecule has 6 rings (SSSR count). The van der Waals surface area contributed by atoms with Gasteiger partial charge in [-0.3, -0.25) is 14.3 Å². The quantitative estimate of drug-likeness (QED) is 0.106. The molecule has 15 nitrogen and oxygen atoms in total. The number of anilines is 3. The average Bonchev–Trinajstić information content (AvgIpc) is 3.80. The van der Waals surface area contributed by atoms with Crippen LogP contribution in [0.15, 0.2) is 42.5 Å². The first-order valence-electron chi connectivity index (χ1n) is 17.9. The molecule has 0 radical (unpaired) electrons. The van der Waals surface area contributed by atoms with E-state index < -0.39 is 12.2 Å². The molecule has 5 N–H and O–H groups in total. The number of hydrogen-bond acceptors (Lipinski definition) is 11. The van der Waals surface area contributed by atoms with Crippen LogP contribution < -0.4 is 36.1 Å². The number of rotatable bonds is 15. The summed E-state index contributed by atoms with van der Waals surface area (Å²) in [7, 11) is 5.66. The second kappa shape index (κ2) is 15.9. The SMILES string of the molecule is CCn1nc(C)cc1C(=O)NC1Nc2cc(C(N)=O)cc(OCCCN3CCN(C)CC3)c2N1C/C=C/Cn1c(NC)nc2cc(C)cc(OC)c21. The van der Waals surface area contributed by atoms with Gasteiger partial charge in [0.25, 0.3) is 5.91 Å². The van der Waals surface area contributed by atoms with Crippen molar-refractivity contribution in [2.24, 2.45) is 5.73 Å². The highest BCUT2D eigenvalue weighted by atomic mass is 16.5. The van der Waals surface area contributed by atoms with Gasteiger partial charge in [0.2, 0.25) is 11.9 Å². The maximum absolute atomic E-state index is 13.7. The van der Waals surface area contributed by atoms with E-state index in [2.05, 4.69) is 48.5 Å². The molecule has 52 heavy (non-hydrogen) atoms. The number of carbonyl (C=O) groups is 2. The first kappa shape index (κ1) is 36.5. The fourth-order valence-corrected chi connectivity index (χ4v) is 6.90. The summed E-state index contributed by atoms with van der Waals surface area (Å²) in [5, 5.41) is 14.2. The second-order valence-electron chi connectivity index (χ2n) is 13.3. The van der Waals surface area contributed by atoms with Gasteiger partial charge in [-0.15, -0.1) is 0 Å². The number of likely N-dealkylation sites (N-methyl/N-ethyl adjacent to an activating group) is 1. The standard InChI is InChI=1S/C37H51N11O4/c1-7-48-29(21-25(3)43-48)35(50)42-37-41-28-22-26(34(38)49)23-31(52-18-10-11-45-16-14-44(5)15-17-45)33(28)47(37)13-9-8-12-46-32-27(40-36(46)39-4)19-24(2)20-30(32)51-6/h8-9,19-23,37,41H,7,10-18H2,1-6H3,(H2,38,49)(H,39,40)(H,42,50)/b9-8+. The first-order valence-corrected chi connectivity index (χ1v) is 17.9. The van der Waals surface area contributed by atoms with Crippen LogP contribution in [0.5, 0.6) is 11.5 Å². The maximum Gasteiger partial charge on any atom is 0.272 e. The Morgan fingerprint density at radius 3 is 2.54 bits per heavy atom. The molecule has 0 bridgehead atoms. The van der Waals surface area contributed by atoms with Crippen LogP contribution >= 0.6 is 0 Å². The number of benzene rings is 2. The van der Waals surface area contributed by atoms with Crippen LogP contribution in [0.2, 0.25) is 0 Å². The Hall–Kier alpha value is -5.28. The summed E-state index contributed by atoms with van der Waals surface area (Å²) in [6, 6.07) is 9.22. The van der Waals surface area contributed by atoms with Crippen molar-refractivity contribution in [3.63, 3.8) is 0 Å². The van der Waals surface area contributed by atoms with Gasteiger partial charge in [0, 0.05) is 65.0 Å². The largest absolute Gasteiger partial charge is 0.494 e. The van der Waals surface area contributed by atoms with Crippen LogP contribution in [0.25, 0.3) is 11.0 Å². The Bertz CT molecular complexity index is 1940. The van der Waals surface area contributed by atoms with Crippen molar-refractivity contribution in [3.8, 4) is 11.5 Å². The Morgan fingerprint density at radius 2 is 1.83 bits per heavy atom. The van der Waals surface area contributed by atoms with E-state index in [4.69, 9.17) is 20.2 Å². The lowest BCUT2D eigenvalue weighted by atomic mass is 10.1. The highest BCUT2D eigenvalue weighted by Crippen LogP contribution is 2.43. The lowest BCUT2D eigenvalue weighted by Crippen LogP contribution is -2.50. The number of allylic oxidation sites excluding steroid dienone is 1. The molecule has 0 aliphatic carbocycles. The van der Waals surface area contributed by atoms with Gasteiger partial charge < -0.3 is 50.4 Å². The molecule has 4 aromatic rings. The number of aromatic nitrogens is 4. The van der Waals surface area contributed by atoms with Gasteiger partial charge in [0.05, 0.1) is 30.6 Å². The zero-order chi connectivity index (χ0) is 36.9. The molecule has 1 atom stereocenters. The van der Waals surface area contributed by atoms with Gasteiger partial charge in [-0.1, -0.05) is 12.2 Å². The van der Waals surface area contributed by atoms with Gasteiger partial charge in [0.15, 0.2) is 6.29 Å². The van der Waals surface area contributed by atoms with Gasteiger partial charge in [-0.2, -0.15) is 5.10 Å². The van der Waals surface area contributed by atoms with E-state index in [1.807, 2.05) is 50.9 Å². The van der Waals surface area contributed by atoms with Crippen LogP contribution in [0, 0.1) is 13.8 Å². The Labute approximate surface area is 304 Å². The topological polar surface area (TPSA) is 160 Å². The van der Waals surface area contributed by atoms with Crippen LogP contribution in [-0.2, 0) is 13.1 Å². The molecule has 1 fully saturated rings. The van der Waals surface area contributed by atoms with Crippen molar-refractivity contribution in [3.05, 3.63) is 65.0 Å². The van der Waals surface area contributed by atoms with E-state index in [9.17, 15) is 9.59 Å². The molecule has 1 unspecified atom stereocenters. The van der Waals surface area contributed by atoms with Crippen molar-refractivity contribution >= 4 is 40.2 Å². The molecule has 2 aliphatic heterocycles. The summed E-state index contributed by atoms with van der Waals surface area (Å²) >= 11 is 0. The minimum atomic E-state index is -0.659. The highest BCUT2D eigenvalue weighted by Gasteiger charge is 2.34. The molecule has 0 spiro atoms. The Morgan fingerprint density at radius 1 is 1.06 bits per heavy atom. The van der Waals surface area contributed by atoms with E-state index >= 15 is 0 Å². The fourth-order valence-electron chi connectivity index (χ4n) is 6.90. The van der Waals surface area contributed by atoms with E-state index in [1.165, 1.54) is 0 Å². The predicted molar refractivity (Wildman–Crippen MR) is 204 cm³/mol. The number of nitrogens with two attached hydrogens (primary N) is 1. The number of fused-ring (bicyclic) bond motifs is 2. The molecule has 2 aromatic carbocycles. The second-order valence-corrected chi connectivity index (χ2v) is 13.3. The molecule has 2 aromatic heterocycles. The monoisotopic (exact) mass is 713 g/mol.